The van der Waals surface area contributed by atoms with E-state index in [1.54, 1.807) is 54.0 Å². The second-order valence-corrected chi connectivity index (χ2v) is 12.6. The molecule has 6 rings (SSSR count). The second-order valence-electron chi connectivity index (χ2n) is 10.9. The van der Waals surface area contributed by atoms with Crippen LogP contribution < -0.4 is 10.5 Å². The van der Waals surface area contributed by atoms with Gasteiger partial charge in [-0.05, 0) is 54.0 Å². The summed E-state index contributed by atoms with van der Waals surface area (Å²) in [5.41, 5.74) is 10.9. The Balaban J connectivity index is 1.23. The number of nitrogens with two attached hydrogens (primary N) is 1. The molecular weight excluding hydrogens is 637 g/mol. The number of aromatic carboxylic acids is 1. The first-order valence-electron chi connectivity index (χ1n) is 15.0. The van der Waals surface area contributed by atoms with Crippen LogP contribution in [0.1, 0.15) is 21.5 Å². The van der Waals surface area contributed by atoms with Gasteiger partial charge in [0.15, 0.2) is 0 Å². The fraction of sp³-hybridized carbons (Fsp3) is 0.235. The van der Waals surface area contributed by atoms with Crippen LogP contribution in [0, 0.1) is 0 Å². The fourth-order valence-corrected chi connectivity index (χ4v) is 6.54. The first kappa shape index (κ1) is 32.3. The summed E-state index contributed by atoms with van der Waals surface area (Å²) in [6, 6.07) is 14.5. The maximum atomic E-state index is 13.4. The lowest BCUT2D eigenvalue weighted by molar-refractivity contribution is -0.122. The predicted molar refractivity (Wildman–Crippen MR) is 185 cm³/mol. The van der Waals surface area contributed by atoms with Crippen LogP contribution in [0.5, 0.6) is 5.75 Å². The van der Waals surface area contributed by atoms with Gasteiger partial charge in [-0.3, -0.25) is 19.6 Å². The molecule has 1 amide bonds. The number of carbonyl (C=O) groups is 2. The molecule has 4 heterocycles. The van der Waals surface area contributed by atoms with Crippen LogP contribution in [0.2, 0.25) is 0 Å². The van der Waals surface area contributed by atoms with E-state index in [4.69, 9.17) is 32.5 Å². The molecule has 0 spiro atoms. The largest absolute Gasteiger partial charge is 0.492 e. The molecule has 2 aromatic carbocycles. The molecular formula is C34H32N6O5S2. The van der Waals surface area contributed by atoms with E-state index >= 15 is 0 Å². The Hall–Kier alpha value is -4.69. The molecule has 240 valence electrons. The first-order valence-corrected chi connectivity index (χ1v) is 16.2. The summed E-state index contributed by atoms with van der Waals surface area (Å²) >= 11 is 6.83. The van der Waals surface area contributed by atoms with E-state index in [1.165, 1.54) is 11.8 Å². The minimum absolute atomic E-state index is 0.165. The van der Waals surface area contributed by atoms with E-state index in [-0.39, 0.29) is 17.4 Å². The molecule has 2 saturated heterocycles. The summed E-state index contributed by atoms with van der Waals surface area (Å²) in [6.07, 6.45) is 9.22. The number of ether oxygens (including phenoxy) is 2. The Morgan fingerprint density at radius 3 is 2.49 bits per heavy atom. The van der Waals surface area contributed by atoms with Crippen molar-refractivity contribution in [1.29, 1.82) is 0 Å². The summed E-state index contributed by atoms with van der Waals surface area (Å²) in [4.78, 5) is 41.7. The number of rotatable bonds is 11. The molecule has 2 aromatic heterocycles. The molecule has 2 aliphatic rings. The van der Waals surface area contributed by atoms with Gasteiger partial charge in [0.2, 0.25) is 5.95 Å². The zero-order chi connectivity index (χ0) is 32.8. The van der Waals surface area contributed by atoms with Gasteiger partial charge in [-0.1, -0.05) is 42.2 Å². The van der Waals surface area contributed by atoms with Crippen LogP contribution in [0.15, 0.2) is 78.2 Å². The molecule has 4 aromatic rings. The predicted octanol–water partition coefficient (Wildman–Crippen LogP) is 4.64. The van der Waals surface area contributed by atoms with Crippen molar-refractivity contribution in [3.05, 3.63) is 94.9 Å². The van der Waals surface area contributed by atoms with Crippen LogP contribution in [0.4, 0.5) is 5.95 Å². The summed E-state index contributed by atoms with van der Waals surface area (Å²) in [7, 11) is 0. The number of benzene rings is 2. The highest BCUT2D eigenvalue weighted by Gasteiger charge is 2.31. The van der Waals surface area contributed by atoms with Crippen molar-refractivity contribution in [2.75, 3.05) is 51.7 Å². The SMILES string of the molecule is Nc1ncc(-c2cncc(-c3cc(/C=C4\SC(=S)N(CCc5ccc(C(=O)O)cc5)C4=O)ccc3OCCN3CCOCC3)c2)cn1. The number of anilines is 1. The average Bonchev–Trinajstić information content (AvgIpc) is 3.36. The van der Waals surface area contributed by atoms with Crippen molar-refractivity contribution < 1.29 is 24.2 Å². The van der Waals surface area contributed by atoms with Crippen molar-refractivity contribution in [3.63, 3.8) is 0 Å². The molecule has 13 heteroatoms. The summed E-state index contributed by atoms with van der Waals surface area (Å²) in [5.74, 6) is -0.248. The van der Waals surface area contributed by atoms with Gasteiger partial charge < -0.3 is 20.3 Å². The highest BCUT2D eigenvalue weighted by atomic mass is 32.2. The van der Waals surface area contributed by atoms with Crippen LogP contribution in [0.25, 0.3) is 28.3 Å². The number of thioether (sulfide) groups is 1. The van der Waals surface area contributed by atoms with Crippen molar-refractivity contribution in [1.82, 2.24) is 24.8 Å². The molecule has 0 aliphatic carbocycles. The topological polar surface area (TPSA) is 144 Å². The normalized spacial score (nSPS) is 16.2. The van der Waals surface area contributed by atoms with E-state index in [9.17, 15) is 9.59 Å². The Kier molecular flexibility index (Phi) is 10.2. The van der Waals surface area contributed by atoms with Gasteiger partial charge in [0.25, 0.3) is 5.91 Å². The lowest BCUT2D eigenvalue weighted by Crippen LogP contribution is -2.38. The van der Waals surface area contributed by atoms with Gasteiger partial charge in [0.05, 0.1) is 23.7 Å². The molecule has 0 saturated carbocycles. The molecule has 2 fully saturated rings. The highest BCUT2D eigenvalue weighted by Crippen LogP contribution is 2.36. The van der Waals surface area contributed by atoms with E-state index < -0.39 is 5.97 Å². The monoisotopic (exact) mass is 668 g/mol. The average molecular weight is 669 g/mol. The minimum Gasteiger partial charge on any atom is -0.492 e. The maximum Gasteiger partial charge on any atom is 0.335 e. The Labute approximate surface area is 281 Å². The van der Waals surface area contributed by atoms with E-state index in [0.717, 1.165) is 66.2 Å². The Bertz CT molecular complexity index is 1810. The van der Waals surface area contributed by atoms with Crippen molar-refractivity contribution in [2.45, 2.75) is 6.42 Å². The van der Waals surface area contributed by atoms with Gasteiger partial charge in [-0.15, -0.1) is 0 Å². The first-order chi connectivity index (χ1) is 22.8. The number of aromatic nitrogens is 3. The summed E-state index contributed by atoms with van der Waals surface area (Å²) in [5, 5.41) is 9.15. The third-order valence-corrected chi connectivity index (χ3v) is 9.20. The molecule has 3 N–H and O–H groups in total. The van der Waals surface area contributed by atoms with Crippen molar-refractivity contribution in [2.24, 2.45) is 0 Å². The number of thiocarbonyl (C=S) groups is 1. The standard InChI is InChI=1S/C34H32N6O5S2/c35-33-37-20-27(21-38-33)25-17-26(19-36-18-25)28-15-23(3-6-29(28)45-14-11-39-9-12-44-13-10-39)16-30-31(41)40(34(46)47-30)8-7-22-1-4-24(5-2-22)32(42)43/h1-6,15-21H,7-14H2,(H,42,43)(H2,35,37,38)/b30-16-. The minimum atomic E-state index is -0.977. The molecule has 2 aliphatic heterocycles. The molecule has 0 bridgehead atoms. The van der Waals surface area contributed by atoms with Gasteiger partial charge >= 0.3 is 5.97 Å². The highest BCUT2D eigenvalue weighted by molar-refractivity contribution is 8.26. The van der Waals surface area contributed by atoms with Crippen LogP contribution in [-0.2, 0) is 16.0 Å². The number of carbonyl (C=O) groups excluding carboxylic acids is 1. The number of hydrogen-bond acceptors (Lipinski definition) is 11. The zero-order valence-electron chi connectivity index (χ0n) is 25.4. The van der Waals surface area contributed by atoms with Gasteiger partial charge in [0.1, 0.15) is 16.7 Å². The number of carboxylic acid groups (broad SMARTS) is 1. The summed E-state index contributed by atoms with van der Waals surface area (Å²) in [6.45, 7) is 4.86. The van der Waals surface area contributed by atoms with Gasteiger partial charge in [-0.2, -0.15) is 0 Å². The van der Waals surface area contributed by atoms with E-state index in [0.29, 0.717) is 34.5 Å². The lowest BCUT2D eigenvalue weighted by atomic mass is 10.0. The molecule has 11 nitrogen and oxygen atoms in total. The van der Waals surface area contributed by atoms with E-state index in [2.05, 4.69) is 19.9 Å². The maximum absolute atomic E-state index is 13.4. The van der Waals surface area contributed by atoms with Gasteiger partial charge in [-0.25, -0.2) is 14.8 Å². The summed E-state index contributed by atoms with van der Waals surface area (Å²) < 4.78 is 12.3. The third kappa shape index (κ3) is 8.00. The number of amides is 1. The zero-order valence-corrected chi connectivity index (χ0v) is 27.0. The number of hydrogen-bond donors (Lipinski definition) is 2. The molecule has 0 unspecified atom stereocenters. The van der Waals surface area contributed by atoms with Gasteiger partial charge in [0, 0.05) is 73.2 Å². The second kappa shape index (κ2) is 14.8. The number of nitrogens with zero attached hydrogens (tertiary/aromatic N) is 5. The fourth-order valence-electron chi connectivity index (χ4n) is 5.23. The third-order valence-electron chi connectivity index (χ3n) is 7.82. The van der Waals surface area contributed by atoms with Crippen LogP contribution in [0.3, 0.4) is 0 Å². The van der Waals surface area contributed by atoms with E-state index in [1.807, 2.05) is 30.3 Å². The lowest BCUT2D eigenvalue weighted by Gasteiger charge is -2.26. The van der Waals surface area contributed by atoms with Crippen LogP contribution >= 0.6 is 24.0 Å². The van der Waals surface area contributed by atoms with Crippen LogP contribution in [-0.4, -0.2) is 92.1 Å². The molecule has 47 heavy (non-hydrogen) atoms. The van der Waals surface area contributed by atoms with Crippen molar-refractivity contribution in [3.8, 4) is 28.0 Å². The quantitative estimate of drug-likeness (QED) is 0.170. The number of carboxylic acids is 1. The molecule has 0 atom stereocenters. The van der Waals surface area contributed by atoms with Crippen molar-refractivity contribution >= 4 is 52.2 Å². The molecule has 0 radical (unpaired) electrons. The smallest absolute Gasteiger partial charge is 0.335 e. The Morgan fingerprint density at radius 2 is 1.74 bits per heavy atom. The number of pyridine rings is 1. The number of nitrogen functional groups attached to an aromatic ring is 1. The number of morpholine rings is 1. The Morgan fingerprint density at radius 1 is 1.00 bits per heavy atom.